The lowest BCUT2D eigenvalue weighted by Crippen LogP contribution is -2.37. The molecule has 0 aromatic heterocycles. The highest BCUT2D eigenvalue weighted by Crippen LogP contribution is 2.26. The molecule has 1 atom stereocenters. The number of amides is 1. The van der Waals surface area contributed by atoms with Gasteiger partial charge in [-0.3, -0.25) is 4.79 Å². The minimum atomic E-state index is -0.581. The van der Waals surface area contributed by atoms with Gasteiger partial charge >= 0.3 is 0 Å². The quantitative estimate of drug-likeness (QED) is 0.759. The Morgan fingerprint density at radius 2 is 2.29 bits per heavy atom. The van der Waals surface area contributed by atoms with Crippen LogP contribution in [0.25, 0.3) is 0 Å². The molecule has 5 heteroatoms. The third kappa shape index (κ3) is 2.40. The van der Waals surface area contributed by atoms with E-state index in [1.54, 1.807) is 4.90 Å². The summed E-state index contributed by atoms with van der Waals surface area (Å²) >= 11 is 11.7. The van der Waals surface area contributed by atoms with Gasteiger partial charge < -0.3 is 4.90 Å². The van der Waals surface area contributed by atoms with Crippen LogP contribution in [-0.4, -0.2) is 29.3 Å². The zero-order chi connectivity index (χ0) is 12.4. The van der Waals surface area contributed by atoms with Gasteiger partial charge in [0, 0.05) is 18.5 Å². The van der Waals surface area contributed by atoms with Crippen molar-refractivity contribution in [2.45, 2.75) is 18.9 Å². The molecule has 1 aromatic rings. The molecule has 1 aromatic carbocycles. The maximum Gasteiger partial charge on any atom is 0.258 e. The van der Waals surface area contributed by atoms with Crippen molar-refractivity contribution in [2.75, 3.05) is 12.4 Å². The molecule has 1 aliphatic rings. The molecule has 1 unspecified atom stereocenters. The van der Waals surface area contributed by atoms with Gasteiger partial charge in [-0.05, 0) is 25.0 Å². The second kappa shape index (κ2) is 5.23. The summed E-state index contributed by atoms with van der Waals surface area (Å²) < 4.78 is 13.6. The fraction of sp³-hybridized carbons (Fsp3) is 0.417. The lowest BCUT2D eigenvalue weighted by Gasteiger charge is -2.23. The van der Waals surface area contributed by atoms with Crippen LogP contribution < -0.4 is 0 Å². The number of likely N-dealkylation sites (tertiary alicyclic amines) is 1. The Kier molecular flexibility index (Phi) is 3.89. The van der Waals surface area contributed by atoms with E-state index in [0.717, 1.165) is 12.8 Å². The summed E-state index contributed by atoms with van der Waals surface area (Å²) in [6.07, 6.45) is 1.76. The smallest absolute Gasteiger partial charge is 0.258 e. The summed E-state index contributed by atoms with van der Waals surface area (Å²) in [5, 5.41) is 0.148. The van der Waals surface area contributed by atoms with Gasteiger partial charge in [0.25, 0.3) is 5.91 Å². The van der Waals surface area contributed by atoms with Crippen molar-refractivity contribution in [1.82, 2.24) is 4.90 Å². The van der Waals surface area contributed by atoms with Gasteiger partial charge in [-0.1, -0.05) is 17.7 Å². The summed E-state index contributed by atoms with van der Waals surface area (Å²) in [6.45, 7) is 0.612. The number of rotatable bonds is 2. The number of hydrogen-bond acceptors (Lipinski definition) is 1. The first-order chi connectivity index (χ1) is 8.15. The molecule has 1 amide bonds. The van der Waals surface area contributed by atoms with E-state index in [9.17, 15) is 9.18 Å². The average Bonchev–Trinajstić information content (AvgIpc) is 2.76. The molecule has 1 heterocycles. The number of carbonyl (C=O) groups is 1. The van der Waals surface area contributed by atoms with E-state index in [-0.39, 0.29) is 22.5 Å². The first kappa shape index (κ1) is 12.7. The first-order valence-corrected chi connectivity index (χ1v) is 6.37. The van der Waals surface area contributed by atoms with Gasteiger partial charge in [-0.25, -0.2) is 4.39 Å². The highest BCUT2D eigenvalue weighted by molar-refractivity contribution is 6.33. The van der Waals surface area contributed by atoms with Crippen molar-refractivity contribution in [2.24, 2.45) is 0 Å². The molecule has 2 nitrogen and oxygen atoms in total. The summed E-state index contributed by atoms with van der Waals surface area (Å²) in [7, 11) is 0. The highest BCUT2D eigenvalue weighted by Gasteiger charge is 2.31. The van der Waals surface area contributed by atoms with Crippen LogP contribution in [0.2, 0.25) is 5.02 Å². The SMILES string of the molecule is O=C(c1c(F)cccc1Cl)N1CCCC1CCl. The second-order valence-electron chi connectivity index (χ2n) is 4.05. The lowest BCUT2D eigenvalue weighted by molar-refractivity contribution is 0.0744. The molecule has 92 valence electrons. The van der Waals surface area contributed by atoms with Crippen LogP contribution in [0.1, 0.15) is 23.2 Å². The monoisotopic (exact) mass is 275 g/mol. The maximum absolute atomic E-state index is 13.6. The summed E-state index contributed by atoms with van der Waals surface area (Å²) in [5.74, 6) is -0.573. The van der Waals surface area contributed by atoms with E-state index < -0.39 is 5.82 Å². The third-order valence-electron chi connectivity index (χ3n) is 2.99. The van der Waals surface area contributed by atoms with Crippen molar-refractivity contribution < 1.29 is 9.18 Å². The van der Waals surface area contributed by atoms with Gasteiger partial charge in [0.15, 0.2) is 0 Å². The Balaban J connectivity index is 2.31. The molecule has 1 fully saturated rings. The Hall–Kier alpha value is -0.800. The minimum absolute atomic E-state index is 0.0140. The molecule has 1 saturated heterocycles. The number of alkyl halides is 1. The van der Waals surface area contributed by atoms with Crippen molar-refractivity contribution >= 4 is 29.1 Å². The Morgan fingerprint density at radius 1 is 1.53 bits per heavy atom. The number of carbonyl (C=O) groups excluding carboxylic acids is 1. The number of nitrogens with zero attached hydrogens (tertiary/aromatic N) is 1. The molecule has 17 heavy (non-hydrogen) atoms. The molecule has 0 bridgehead atoms. The number of hydrogen-bond donors (Lipinski definition) is 0. The van der Waals surface area contributed by atoms with E-state index in [2.05, 4.69) is 0 Å². The van der Waals surface area contributed by atoms with Crippen LogP contribution in [0.15, 0.2) is 18.2 Å². The van der Waals surface area contributed by atoms with Crippen LogP contribution in [0, 0.1) is 5.82 Å². The van der Waals surface area contributed by atoms with Gasteiger partial charge in [-0.2, -0.15) is 0 Å². The second-order valence-corrected chi connectivity index (χ2v) is 4.76. The van der Waals surface area contributed by atoms with Crippen LogP contribution in [-0.2, 0) is 0 Å². The predicted molar refractivity (Wildman–Crippen MR) is 66.2 cm³/mol. The fourth-order valence-corrected chi connectivity index (χ4v) is 2.67. The molecule has 1 aliphatic heterocycles. The van der Waals surface area contributed by atoms with Crippen LogP contribution >= 0.6 is 23.2 Å². The zero-order valence-corrected chi connectivity index (χ0v) is 10.6. The van der Waals surface area contributed by atoms with Gasteiger partial charge in [0.2, 0.25) is 0 Å². The van der Waals surface area contributed by atoms with Crippen molar-refractivity contribution in [3.8, 4) is 0 Å². The average molecular weight is 276 g/mol. The standard InChI is InChI=1S/C12H12Cl2FNO/c13-7-8-3-2-6-16(8)12(17)11-9(14)4-1-5-10(11)15/h1,4-5,8H,2-3,6-7H2. The number of halogens is 3. The van der Waals surface area contributed by atoms with Gasteiger partial charge in [0.1, 0.15) is 5.82 Å². The Labute approximate surface area is 109 Å². The zero-order valence-electron chi connectivity index (χ0n) is 9.13. The normalized spacial score (nSPS) is 19.7. The molecule has 0 N–H and O–H groups in total. The Bertz CT molecular complexity index is 418. The van der Waals surface area contributed by atoms with E-state index in [4.69, 9.17) is 23.2 Å². The van der Waals surface area contributed by atoms with Crippen LogP contribution in [0.5, 0.6) is 0 Å². The molecule has 0 aliphatic carbocycles. The molecule has 2 rings (SSSR count). The summed E-state index contributed by atoms with van der Waals surface area (Å²) in [4.78, 5) is 13.8. The first-order valence-electron chi connectivity index (χ1n) is 5.46. The van der Waals surface area contributed by atoms with Gasteiger partial charge in [-0.15, -0.1) is 11.6 Å². The highest BCUT2D eigenvalue weighted by atomic mass is 35.5. The Morgan fingerprint density at radius 3 is 2.94 bits per heavy atom. The molecular formula is C12H12Cl2FNO. The topological polar surface area (TPSA) is 20.3 Å². The van der Waals surface area contributed by atoms with E-state index in [0.29, 0.717) is 12.4 Å². The van der Waals surface area contributed by atoms with E-state index >= 15 is 0 Å². The van der Waals surface area contributed by atoms with Crippen LogP contribution in [0.4, 0.5) is 4.39 Å². The summed E-state index contributed by atoms with van der Waals surface area (Å²) in [6, 6.07) is 4.23. The molecule has 0 radical (unpaired) electrons. The number of benzene rings is 1. The van der Waals surface area contributed by atoms with E-state index in [1.807, 2.05) is 0 Å². The van der Waals surface area contributed by atoms with Crippen molar-refractivity contribution in [3.05, 3.63) is 34.6 Å². The maximum atomic E-state index is 13.6. The lowest BCUT2D eigenvalue weighted by atomic mass is 10.1. The van der Waals surface area contributed by atoms with Crippen molar-refractivity contribution in [3.63, 3.8) is 0 Å². The predicted octanol–water partition coefficient (Wildman–Crippen LogP) is 3.32. The van der Waals surface area contributed by atoms with Crippen molar-refractivity contribution in [1.29, 1.82) is 0 Å². The molecule has 0 spiro atoms. The third-order valence-corrected chi connectivity index (χ3v) is 3.66. The summed E-state index contributed by atoms with van der Waals surface area (Å²) in [5.41, 5.74) is -0.0498. The minimum Gasteiger partial charge on any atom is -0.334 e. The molecular weight excluding hydrogens is 264 g/mol. The fourth-order valence-electron chi connectivity index (χ4n) is 2.11. The largest absolute Gasteiger partial charge is 0.334 e. The van der Waals surface area contributed by atoms with Crippen LogP contribution in [0.3, 0.4) is 0 Å². The van der Waals surface area contributed by atoms with Gasteiger partial charge in [0.05, 0.1) is 10.6 Å². The molecule has 0 saturated carbocycles. The van der Waals surface area contributed by atoms with E-state index in [1.165, 1.54) is 18.2 Å².